The fourth-order valence-electron chi connectivity index (χ4n) is 3.69. The third-order valence-corrected chi connectivity index (χ3v) is 7.69. The standard InChI is InChI=1S/C19H25N5O3S2/c1-13-5-8-15(29(26,27)23-9-3-2-4-10-23)11-16(13)18(25)20-12-17-21-22-19(28)24(17)14-6-7-14/h5,8,11,14H,2-4,6-7,9-10,12H2,1H3,(H,20,25)(H,22,28). The fourth-order valence-corrected chi connectivity index (χ4v) is 5.53. The van der Waals surface area contributed by atoms with Gasteiger partial charge < -0.3 is 5.32 Å². The van der Waals surface area contributed by atoms with Crippen LogP contribution in [0.3, 0.4) is 0 Å². The molecular weight excluding hydrogens is 410 g/mol. The highest BCUT2D eigenvalue weighted by atomic mass is 32.2. The number of benzene rings is 1. The molecule has 1 aromatic carbocycles. The van der Waals surface area contributed by atoms with Crippen LogP contribution in [0, 0.1) is 11.7 Å². The molecule has 1 aliphatic heterocycles. The topological polar surface area (TPSA) is 100 Å². The summed E-state index contributed by atoms with van der Waals surface area (Å²) in [5.74, 6) is 0.357. The number of carbonyl (C=O) groups is 1. The van der Waals surface area contributed by atoms with E-state index in [2.05, 4.69) is 15.5 Å². The van der Waals surface area contributed by atoms with E-state index in [1.54, 1.807) is 19.1 Å². The van der Waals surface area contributed by atoms with Gasteiger partial charge in [-0.05, 0) is 62.5 Å². The SMILES string of the molecule is Cc1ccc(S(=O)(=O)N2CCCCC2)cc1C(=O)NCc1n[nH]c(=S)n1C1CC1. The molecule has 8 nitrogen and oxygen atoms in total. The van der Waals surface area contributed by atoms with Gasteiger partial charge in [0, 0.05) is 24.7 Å². The van der Waals surface area contributed by atoms with Gasteiger partial charge in [-0.3, -0.25) is 14.5 Å². The lowest BCUT2D eigenvalue weighted by Gasteiger charge is -2.26. The summed E-state index contributed by atoms with van der Waals surface area (Å²) in [4.78, 5) is 13.0. The normalized spacial score (nSPS) is 18.0. The number of aryl methyl sites for hydroxylation is 1. The van der Waals surface area contributed by atoms with Crippen LogP contribution in [-0.2, 0) is 16.6 Å². The van der Waals surface area contributed by atoms with Crippen molar-refractivity contribution >= 4 is 28.1 Å². The molecule has 0 atom stereocenters. The Morgan fingerprint density at radius 2 is 2.00 bits per heavy atom. The number of aromatic nitrogens is 3. The first kappa shape index (κ1) is 20.2. The Bertz CT molecular complexity index is 1080. The molecule has 2 fully saturated rings. The van der Waals surface area contributed by atoms with Crippen molar-refractivity contribution in [3.63, 3.8) is 0 Å². The maximum atomic E-state index is 12.9. The Morgan fingerprint density at radius 3 is 2.69 bits per heavy atom. The van der Waals surface area contributed by atoms with Gasteiger partial charge in [0.05, 0.1) is 11.4 Å². The first-order chi connectivity index (χ1) is 13.9. The molecule has 1 aromatic heterocycles. The zero-order valence-electron chi connectivity index (χ0n) is 16.3. The molecule has 156 valence electrons. The molecule has 0 radical (unpaired) electrons. The zero-order chi connectivity index (χ0) is 20.6. The fraction of sp³-hybridized carbons (Fsp3) is 0.526. The Kier molecular flexibility index (Phi) is 5.58. The van der Waals surface area contributed by atoms with Crippen LogP contribution in [0.2, 0.25) is 0 Å². The predicted molar refractivity (Wildman–Crippen MR) is 111 cm³/mol. The van der Waals surface area contributed by atoms with E-state index in [1.165, 1.54) is 10.4 Å². The van der Waals surface area contributed by atoms with Gasteiger partial charge in [-0.15, -0.1) is 0 Å². The van der Waals surface area contributed by atoms with Crippen molar-refractivity contribution in [3.05, 3.63) is 39.9 Å². The highest BCUT2D eigenvalue weighted by Crippen LogP contribution is 2.35. The molecule has 2 heterocycles. The number of rotatable bonds is 6. The van der Waals surface area contributed by atoms with Crippen LogP contribution in [0.15, 0.2) is 23.1 Å². The summed E-state index contributed by atoms with van der Waals surface area (Å²) >= 11 is 5.26. The second-order valence-corrected chi connectivity index (χ2v) is 9.99. The number of hydrogen-bond acceptors (Lipinski definition) is 5. The van der Waals surface area contributed by atoms with Gasteiger partial charge in [-0.2, -0.15) is 9.40 Å². The van der Waals surface area contributed by atoms with E-state index in [9.17, 15) is 13.2 Å². The first-order valence-corrected chi connectivity index (χ1v) is 11.8. The van der Waals surface area contributed by atoms with E-state index < -0.39 is 10.0 Å². The van der Waals surface area contributed by atoms with Crippen molar-refractivity contribution in [2.45, 2.75) is 56.5 Å². The van der Waals surface area contributed by atoms with Crippen LogP contribution < -0.4 is 5.32 Å². The number of carbonyl (C=O) groups excluding carboxylic acids is 1. The van der Waals surface area contributed by atoms with Crippen molar-refractivity contribution in [3.8, 4) is 0 Å². The smallest absolute Gasteiger partial charge is 0.251 e. The second kappa shape index (κ2) is 8.00. The number of hydrogen-bond donors (Lipinski definition) is 2. The van der Waals surface area contributed by atoms with Crippen LogP contribution in [0.25, 0.3) is 0 Å². The van der Waals surface area contributed by atoms with Crippen LogP contribution in [0.4, 0.5) is 0 Å². The summed E-state index contributed by atoms with van der Waals surface area (Å²) in [7, 11) is -3.59. The summed E-state index contributed by atoms with van der Waals surface area (Å²) in [6, 6.07) is 5.10. The molecule has 4 rings (SSSR count). The Morgan fingerprint density at radius 1 is 1.28 bits per heavy atom. The molecule has 10 heteroatoms. The average molecular weight is 436 g/mol. The highest BCUT2D eigenvalue weighted by molar-refractivity contribution is 7.89. The molecule has 2 aliphatic rings. The minimum atomic E-state index is -3.59. The van der Waals surface area contributed by atoms with E-state index in [4.69, 9.17) is 12.2 Å². The lowest BCUT2D eigenvalue weighted by atomic mass is 10.1. The van der Waals surface area contributed by atoms with Gasteiger partial charge in [0.1, 0.15) is 0 Å². The molecule has 1 aliphatic carbocycles. The zero-order valence-corrected chi connectivity index (χ0v) is 18.0. The van der Waals surface area contributed by atoms with Crippen LogP contribution >= 0.6 is 12.2 Å². The van der Waals surface area contributed by atoms with Gasteiger partial charge in [0.2, 0.25) is 10.0 Å². The maximum Gasteiger partial charge on any atom is 0.251 e. The molecule has 2 N–H and O–H groups in total. The summed E-state index contributed by atoms with van der Waals surface area (Å²) < 4.78 is 29.9. The molecule has 1 saturated heterocycles. The largest absolute Gasteiger partial charge is 0.345 e. The van der Waals surface area contributed by atoms with Crippen molar-refractivity contribution < 1.29 is 13.2 Å². The van der Waals surface area contributed by atoms with E-state index in [0.717, 1.165) is 37.7 Å². The Balaban J connectivity index is 1.53. The lowest BCUT2D eigenvalue weighted by Crippen LogP contribution is -2.35. The molecule has 0 bridgehead atoms. The number of nitrogens with zero attached hydrogens (tertiary/aromatic N) is 3. The van der Waals surface area contributed by atoms with Crippen molar-refractivity contribution in [2.75, 3.05) is 13.1 Å². The minimum Gasteiger partial charge on any atom is -0.345 e. The van der Waals surface area contributed by atoms with E-state index >= 15 is 0 Å². The molecule has 1 amide bonds. The quantitative estimate of drug-likeness (QED) is 0.680. The molecule has 2 aromatic rings. The third kappa shape index (κ3) is 4.15. The number of nitrogens with one attached hydrogen (secondary N) is 2. The van der Waals surface area contributed by atoms with Crippen LogP contribution in [-0.4, -0.2) is 46.5 Å². The van der Waals surface area contributed by atoms with Gasteiger partial charge >= 0.3 is 0 Å². The number of sulfonamides is 1. The number of H-pyrrole nitrogens is 1. The van der Waals surface area contributed by atoms with E-state index in [1.807, 2.05) is 4.57 Å². The lowest BCUT2D eigenvalue weighted by molar-refractivity contribution is 0.0948. The molecule has 0 unspecified atom stereocenters. The van der Waals surface area contributed by atoms with Gasteiger partial charge in [-0.1, -0.05) is 12.5 Å². The van der Waals surface area contributed by atoms with Gasteiger partial charge in [0.25, 0.3) is 5.91 Å². The summed E-state index contributed by atoms with van der Waals surface area (Å²) in [5, 5.41) is 9.84. The van der Waals surface area contributed by atoms with Gasteiger partial charge in [-0.25, -0.2) is 8.42 Å². The van der Waals surface area contributed by atoms with Crippen molar-refractivity contribution in [1.29, 1.82) is 0 Å². The van der Waals surface area contributed by atoms with Crippen LogP contribution in [0.1, 0.15) is 59.9 Å². The van der Waals surface area contributed by atoms with Crippen molar-refractivity contribution in [1.82, 2.24) is 24.4 Å². The van der Waals surface area contributed by atoms with Crippen LogP contribution in [0.5, 0.6) is 0 Å². The summed E-state index contributed by atoms with van der Waals surface area (Å²) in [6.07, 6.45) is 4.91. The number of aromatic amines is 1. The Hall–Kier alpha value is -2.04. The molecule has 0 spiro atoms. The third-order valence-electron chi connectivity index (χ3n) is 5.50. The molecule has 1 saturated carbocycles. The minimum absolute atomic E-state index is 0.163. The predicted octanol–water partition coefficient (Wildman–Crippen LogP) is 2.69. The maximum absolute atomic E-state index is 12.9. The highest BCUT2D eigenvalue weighted by Gasteiger charge is 2.28. The van der Waals surface area contributed by atoms with Gasteiger partial charge in [0.15, 0.2) is 10.6 Å². The second-order valence-electron chi connectivity index (χ2n) is 7.67. The summed E-state index contributed by atoms with van der Waals surface area (Å²) in [5.41, 5.74) is 1.08. The Labute approximate surface area is 175 Å². The van der Waals surface area contributed by atoms with Crippen molar-refractivity contribution in [2.24, 2.45) is 0 Å². The molecule has 29 heavy (non-hydrogen) atoms. The van der Waals surface area contributed by atoms with E-state index in [0.29, 0.717) is 35.3 Å². The molecular formula is C19H25N5O3S2. The van der Waals surface area contributed by atoms with E-state index in [-0.39, 0.29) is 17.3 Å². The first-order valence-electron chi connectivity index (χ1n) is 9.92. The number of piperidine rings is 1. The monoisotopic (exact) mass is 435 g/mol. The summed E-state index contributed by atoms with van der Waals surface area (Å²) in [6.45, 7) is 3.08. The number of amides is 1. The average Bonchev–Trinajstić information content (AvgIpc) is 3.49.